The first-order valence-corrected chi connectivity index (χ1v) is 14.2. The number of aryl methyl sites for hydroxylation is 1. The van der Waals surface area contributed by atoms with E-state index in [1.54, 1.807) is 49.4 Å². The zero-order valence-electron chi connectivity index (χ0n) is 21.2. The van der Waals surface area contributed by atoms with Crippen molar-refractivity contribution in [3.05, 3.63) is 101 Å². The van der Waals surface area contributed by atoms with Gasteiger partial charge in [-0.3, -0.25) is 13.9 Å². The number of likely N-dealkylation sites (N-methyl/N-ethyl adjacent to an activating group) is 1. The van der Waals surface area contributed by atoms with Crippen LogP contribution in [0.15, 0.2) is 78.9 Å². The van der Waals surface area contributed by atoms with Crippen LogP contribution in [0.2, 0.25) is 5.02 Å². The summed E-state index contributed by atoms with van der Waals surface area (Å²) in [6.07, 6.45) is 1.32. The molecule has 0 aliphatic carbocycles. The van der Waals surface area contributed by atoms with Gasteiger partial charge in [-0.1, -0.05) is 72.3 Å². The third-order valence-corrected chi connectivity index (χ3v) is 7.40. The molecule has 0 spiro atoms. The van der Waals surface area contributed by atoms with Gasteiger partial charge in [-0.25, -0.2) is 8.42 Å². The number of anilines is 1. The maximum atomic E-state index is 13.9. The van der Waals surface area contributed by atoms with Gasteiger partial charge in [0.05, 0.1) is 11.9 Å². The summed E-state index contributed by atoms with van der Waals surface area (Å²) in [5.74, 6) is -0.841. The summed E-state index contributed by atoms with van der Waals surface area (Å²) >= 11 is 6.43. The van der Waals surface area contributed by atoms with Gasteiger partial charge in [0.25, 0.3) is 0 Å². The molecule has 0 aromatic heterocycles. The molecule has 9 heteroatoms. The van der Waals surface area contributed by atoms with Crippen LogP contribution in [0.25, 0.3) is 0 Å². The Balaban J connectivity index is 2.05. The Labute approximate surface area is 224 Å². The average Bonchev–Trinajstić information content (AvgIpc) is 2.85. The van der Waals surface area contributed by atoms with E-state index in [9.17, 15) is 18.0 Å². The molecule has 0 saturated heterocycles. The first kappa shape index (κ1) is 28.2. The molecule has 196 valence electrons. The van der Waals surface area contributed by atoms with E-state index in [0.29, 0.717) is 22.8 Å². The van der Waals surface area contributed by atoms with E-state index in [4.69, 9.17) is 11.6 Å². The van der Waals surface area contributed by atoms with Gasteiger partial charge in [0.2, 0.25) is 21.8 Å². The van der Waals surface area contributed by atoms with Gasteiger partial charge in [0, 0.05) is 24.5 Å². The van der Waals surface area contributed by atoms with Crippen LogP contribution in [0.5, 0.6) is 0 Å². The lowest BCUT2D eigenvalue weighted by molar-refractivity contribution is -0.140. The SMILES string of the molecule is CCNC(=O)[C@H](Cc1ccccc1)N(Cc1ccccc1Cl)C(=O)CN(c1cccc(C)c1)S(C)(=O)=O. The van der Waals surface area contributed by atoms with E-state index in [1.165, 1.54) is 4.90 Å². The van der Waals surface area contributed by atoms with E-state index in [-0.39, 0.29) is 18.9 Å². The van der Waals surface area contributed by atoms with Crippen LogP contribution in [0.3, 0.4) is 0 Å². The van der Waals surface area contributed by atoms with Crippen LogP contribution >= 0.6 is 11.6 Å². The fraction of sp³-hybridized carbons (Fsp3) is 0.286. The predicted molar refractivity (Wildman–Crippen MR) is 148 cm³/mol. The highest BCUT2D eigenvalue weighted by atomic mass is 35.5. The van der Waals surface area contributed by atoms with Gasteiger partial charge in [0.1, 0.15) is 12.6 Å². The Kier molecular flexibility index (Phi) is 9.72. The number of amides is 2. The summed E-state index contributed by atoms with van der Waals surface area (Å²) in [5, 5.41) is 3.28. The molecule has 1 N–H and O–H groups in total. The quantitative estimate of drug-likeness (QED) is 0.394. The van der Waals surface area contributed by atoms with Crippen molar-refractivity contribution in [2.45, 2.75) is 32.9 Å². The minimum absolute atomic E-state index is 0.0402. The molecule has 0 aliphatic rings. The number of nitrogens with one attached hydrogen (secondary N) is 1. The Bertz CT molecular complexity index is 1330. The van der Waals surface area contributed by atoms with E-state index in [0.717, 1.165) is 21.7 Å². The summed E-state index contributed by atoms with van der Waals surface area (Å²) in [4.78, 5) is 28.6. The van der Waals surface area contributed by atoms with E-state index in [1.807, 2.05) is 43.3 Å². The largest absolute Gasteiger partial charge is 0.355 e. The normalized spacial score (nSPS) is 12.0. The van der Waals surface area contributed by atoms with Crippen molar-refractivity contribution in [2.75, 3.05) is 23.7 Å². The van der Waals surface area contributed by atoms with Gasteiger partial charge in [-0.15, -0.1) is 0 Å². The number of nitrogens with zero attached hydrogens (tertiary/aromatic N) is 2. The number of carbonyl (C=O) groups excluding carboxylic acids is 2. The molecule has 0 radical (unpaired) electrons. The summed E-state index contributed by atoms with van der Waals surface area (Å²) in [6.45, 7) is 3.62. The molecule has 7 nitrogen and oxygen atoms in total. The van der Waals surface area contributed by atoms with Gasteiger partial charge >= 0.3 is 0 Å². The van der Waals surface area contributed by atoms with Gasteiger partial charge in [0.15, 0.2) is 0 Å². The van der Waals surface area contributed by atoms with E-state index in [2.05, 4.69) is 5.32 Å². The molecule has 3 aromatic rings. The number of halogens is 1. The standard InChI is InChI=1S/C28H32ClN3O4S/c1-4-30-28(34)26(18-22-12-6-5-7-13-22)31(19-23-14-8-9-16-25(23)29)27(33)20-32(37(3,35)36)24-15-10-11-21(2)17-24/h5-17,26H,4,18-20H2,1-3H3,(H,30,34)/t26-/m0/s1. The van der Waals surface area contributed by atoms with Crippen molar-refractivity contribution in [3.8, 4) is 0 Å². The molecule has 2 amide bonds. The van der Waals surface area contributed by atoms with E-state index < -0.39 is 28.5 Å². The molecule has 3 aromatic carbocycles. The maximum Gasteiger partial charge on any atom is 0.244 e. The van der Waals surface area contributed by atoms with Gasteiger partial charge < -0.3 is 10.2 Å². The minimum Gasteiger partial charge on any atom is -0.355 e. The topological polar surface area (TPSA) is 86.8 Å². The smallest absolute Gasteiger partial charge is 0.244 e. The third-order valence-electron chi connectivity index (χ3n) is 5.89. The summed E-state index contributed by atoms with van der Waals surface area (Å²) in [6, 6.07) is 22.5. The predicted octanol–water partition coefficient (Wildman–Crippen LogP) is 4.19. The maximum absolute atomic E-state index is 13.9. The fourth-order valence-corrected chi connectivity index (χ4v) is 5.09. The molecular formula is C28H32ClN3O4S. The lowest BCUT2D eigenvalue weighted by Gasteiger charge is -2.33. The molecule has 0 heterocycles. The lowest BCUT2D eigenvalue weighted by atomic mass is 10.0. The van der Waals surface area contributed by atoms with Crippen molar-refractivity contribution in [1.29, 1.82) is 0 Å². The molecule has 0 fully saturated rings. The highest BCUT2D eigenvalue weighted by Gasteiger charge is 2.33. The first-order valence-electron chi connectivity index (χ1n) is 12.0. The van der Waals surface area contributed by atoms with Crippen molar-refractivity contribution in [3.63, 3.8) is 0 Å². The van der Waals surface area contributed by atoms with Crippen LogP contribution in [-0.4, -0.2) is 50.5 Å². The third kappa shape index (κ3) is 7.81. The molecular weight excluding hydrogens is 510 g/mol. The monoisotopic (exact) mass is 541 g/mol. The van der Waals surface area contributed by atoms with Crippen LogP contribution in [-0.2, 0) is 32.6 Å². The molecule has 3 rings (SSSR count). The number of sulfonamides is 1. The number of rotatable bonds is 11. The summed E-state index contributed by atoms with van der Waals surface area (Å²) in [7, 11) is -3.80. The molecule has 0 saturated carbocycles. The van der Waals surface area contributed by atoms with Crippen LogP contribution in [0.1, 0.15) is 23.6 Å². The van der Waals surface area contributed by atoms with Crippen molar-refractivity contribution < 1.29 is 18.0 Å². The van der Waals surface area contributed by atoms with Crippen molar-refractivity contribution in [1.82, 2.24) is 10.2 Å². The second kappa shape index (κ2) is 12.7. The van der Waals surface area contributed by atoms with Crippen LogP contribution in [0, 0.1) is 6.92 Å². The number of carbonyl (C=O) groups is 2. The number of hydrogen-bond acceptors (Lipinski definition) is 4. The van der Waals surface area contributed by atoms with Crippen molar-refractivity contribution in [2.24, 2.45) is 0 Å². The fourth-order valence-electron chi connectivity index (χ4n) is 4.05. The average molecular weight is 542 g/mol. The van der Waals surface area contributed by atoms with Crippen LogP contribution in [0.4, 0.5) is 5.69 Å². The second-order valence-corrected chi connectivity index (χ2v) is 11.1. The zero-order chi connectivity index (χ0) is 27.0. The number of hydrogen-bond donors (Lipinski definition) is 1. The second-order valence-electron chi connectivity index (χ2n) is 8.82. The summed E-state index contributed by atoms with van der Waals surface area (Å²) < 4.78 is 26.6. The zero-order valence-corrected chi connectivity index (χ0v) is 22.8. The Hall–Kier alpha value is -3.36. The Morgan fingerprint density at radius 2 is 1.65 bits per heavy atom. The minimum atomic E-state index is -3.80. The molecule has 0 bridgehead atoms. The van der Waals surface area contributed by atoms with Gasteiger partial charge in [-0.05, 0) is 48.7 Å². The molecule has 0 unspecified atom stereocenters. The van der Waals surface area contributed by atoms with Crippen LogP contribution < -0.4 is 9.62 Å². The highest BCUT2D eigenvalue weighted by molar-refractivity contribution is 7.92. The van der Waals surface area contributed by atoms with Crippen molar-refractivity contribution >= 4 is 39.1 Å². The molecule has 1 atom stereocenters. The lowest BCUT2D eigenvalue weighted by Crippen LogP contribution is -2.53. The Morgan fingerprint density at radius 1 is 0.973 bits per heavy atom. The highest BCUT2D eigenvalue weighted by Crippen LogP contribution is 2.23. The van der Waals surface area contributed by atoms with Gasteiger partial charge in [-0.2, -0.15) is 0 Å². The molecule has 37 heavy (non-hydrogen) atoms. The number of benzene rings is 3. The summed E-state index contributed by atoms with van der Waals surface area (Å²) in [5.41, 5.74) is 2.76. The molecule has 0 aliphatic heterocycles. The first-order chi connectivity index (χ1) is 17.6. The van der Waals surface area contributed by atoms with E-state index >= 15 is 0 Å². The Morgan fingerprint density at radius 3 is 2.27 bits per heavy atom.